The van der Waals surface area contributed by atoms with Crippen molar-refractivity contribution in [1.29, 1.82) is 0 Å². The number of nitrogens with one attached hydrogen (secondary N) is 2. The average Bonchev–Trinajstić information content (AvgIpc) is 3.15. The summed E-state index contributed by atoms with van der Waals surface area (Å²) in [4.78, 5) is 38.9. The molecule has 1 amide bonds. The molecular formula is C18H25N7O2. The van der Waals surface area contributed by atoms with Gasteiger partial charge in [-0.1, -0.05) is 0 Å². The lowest BCUT2D eigenvalue weighted by Gasteiger charge is -2.17. The molecule has 0 saturated carbocycles. The van der Waals surface area contributed by atoms with Gasteiger partial charge in [-0.25, -0.2) is 15.0 Å². The number of carbonyl (C=O) groups excluding carboxylic acids is 1. The Morgan fingerprint density at radius 1 is 1.15 bits per heavy atom. The van der Waals surface area contributed by atoms with Crippen LogP contribution in [-0.2, 0) is 11.3 Å². The summed E-state index contributed by atoms with van der Waals surface area (Å²) in [5.74, 6) is 2.17. The second kappa shape index (κ2) is 8.61. The molecule has 1 saturated heterocycles. The van der Waals surface area contributed by atoms with Crippen molar-refractivity contribution in [1.82, 2.24) is 24.8 Å². The molecular weight excluding hydrogens is 346 g/mol. The molecule has 0 spiro atoms. The number of anilines is 2. The van der Waals surface area contributed by atoms with Crippen LogP contribution in [0.2, 0.25) is 0 Å². The van der Waals surface area contributed by atoms with Gasteiger partial charge in [0.1, 0.15) is 24.0 Å². The van der Waals surface area contributed by atoms with Crippen LogP contribution in [0, 0.1) is 13.8 Å². The molecule has 1 aliphatic rings. The maximum atomic E-state index is 12.0. The minimum atomic E-state index is -0.235. The van der Waals surface area contributed by atoms with Gasteiger partial charge in [-0.3, -0.25) is 14.2 Å². The van der Waals surface area contributed by atoms with Crippen molar-refractivity contribution in [3.63, 3.8) is 0 Å². The summed E-state index contributed by atoms with van der Waals surface area (Å²) in [6.07, 6.45) is 3.77. The average molecular weight is 371 g/mol. The molecule has 2 aromatic heterocycles. The van der Waals surface area contributed by atoms with Crippen LogP contribution in [0.25, 0.3) is 0 Å². The molecule has 0 aromatic carbocycles. The van der Waals surface area contributed by atoms with Crippen molar-refractivity contribution in [2.45, 2.75) is 33.2 Å². The lowest BCUT2D eigenvalue weighted by atomic mass is 10.4. The minimum absolute atomic E-state index is 0.0438. The Morgan fingerprint density at radius 3 is 2.67 bits per heavy atom. The highest BCUT2D eigenvalue weighted by atomic mass is 16.2. The molecule has 2 N–H and O–H groups in total. The summed E-state index contributed by atoms with van der Waals surface area (Å²) in [5.41, 5.74) is 0.399. The summed E-state index contributed by atoms with van der Waals surface area (Å²) in [5, 5.41) is 6.00. The van der Waals surface area contributed by atoms with Gasteiger partial charge < -0.3 is 15.5 Å². The van der Waals surface area contributed by atoms with Crippen molar-refractivity contribution in [3.8, 4) is 0 Å². The predicted octanol–water partition coefficient (Wildman–Crippen LogP) is 0.479. The Hall–Kier alpha value is -2.97. The van der Waals surface area contributed by atoms with E-state index in [1.54, 1.807) is 6.92 Å². The summed E-state index contributed by atoms with van der Waals surface area (Å²) >= 11 is 0. The van der Waals surface area contributed by atoms with Crippen LogP contribution < -0.4 is 21.1 Å². The van der Waals surface area contributed by atoms with E-state index in [1.807, 2.05) is 13.0 Å². The Balaban J connectivity index is 1.47. The van der Waals surface area contributed by atoms with Crippen molar-refractivity contribution < 1.29 is 4.79 Å². The molecule has 3 rings (SSSR count). The lowest BCUT2D eigenvalue weighted by molar-refractivity contribution is -0.121. The molecule has 2 aromatic rings. The number of amides is 1. The molecule has 1 fully saturated rings. The normalized spacial score (nSPS) is 13.6. The topological polar surface area (TPSA) is 105 Å². The zero-order valence-electron chi connectivity index (χ0n) is 15.7. The molecule has 27 heavy (non-hydrogen) atoms. The van der Waals surface area contributed by atoms with E-state index in [1.165, 1.54) is 29.8 Å². The van der Waals surface area contributed by atoms with Crippen LogP contribution in [0.3, 0.4) is 0 Å². The first-order valence-electron chi connectivity index (χ1n) is 9.15. The van der Waals surface area contributed by atoms with Crippen molar-refractivity contribution >= 4 is 17.5 Å². The quantitative estimate of drug-likeness (QED) is 0.682. The van der Waals surface area contributed by atoms with Crippen molar-refractivity contribution in [2.24, 2.45) is 0 Å². The van der Waals surface area contributed by atoms with Crippen LogP contribution >= 0.6 is 0 Å². The third-order valence-electron chi connectivity index (χ3n) is 4.34. The highest BCUT2D eigenvalue weighted by Gasteiger charge is 2.15. The van der Waals surface area contributed by atoms with Gasteiger partial charge in [-0.05, 0) is 26.7 Å². The van der Waals surface area contributed by atoms with Gasteiger partial charge >= 0.3 is 0 Å². The highest BCUT2D eigenvalue weighted by Crippen LogP contribution is 2.20. The lowest BCUT2D eigenvalue weighted by Crippen LogP contribution is -2.34. The number of aromatic nitrogens is 4. The maximum Gasteiger partial charge on any atom is 0.253 e. The van der Waals surface area contributed by atoms with Crippen molar-refractivity contribution in [3.05, 3.63) is 40.3 Å². The van der Waals surface area contributed by atoms with Gasteiger partial charge in [-0.15, -0.1) is 0 Å². The molecule has 0 radical (unpaired) electrons. The Bertz CT molecular complexity index is 859. The Kier molecular flexibility index (Phi) is 6.00. The molecule has 0 atom stereocenters. The number of rotatable bonds is 7. The zero-order chi connectivity index (χ0) is 19.2. The molecule has 1 aliphatic heterocycles. The Morgan fingerprint density at radius 2 is 1.93 bits per heavy atom. The molecule has 3 heterocycles. The molecule has 0 bridgehead atoms. The molecule has 9 nitrogen and oxygen atoms in total. The van der Waals surface area contributed by atoms with E-state index in [-0.39, 0.29) is 18.0 Å². The second-order valence-electron chi connectivity index (χ2n) is 6.63. The second-order valence-corrected chi connectivity index (χ2v) is 6.63. The summed E-state index contributed by atoms with van der Waals surface area (Å²) in [6, 6.07) is 3.35. The van der Waals surface area contributed by atoms with Gasteiger partial charge in [0.25, 0.3) is 5.56 Å². The smallest absolute Gasteiger partial charge is 0.253 e. The van der Waals surface area contributed by atoms with E-state index < -0.39 is 0 Å². The third-order valence-corrected chi connectivity index (χ3v) is 4.34. The first kappa shape index (κ1) is 18.8. The zero-order valence-corrected chi connectivity index (χ0v) is 15.7. The third kappa shape index (κ3) is 5.25. The number of aryl methyl sites for hydroxylation is 2. The van der Waals surface area contributed by atoms with E-state index in [2.05, 4.69) is 30.5 Å². The molecule has 0 unspecified atom stereocenters. The van der Waals surface area contributed by atoms with E-state index >= 15 is 0 Å². The van der Waals surface area contributed by atoms with Gasteiger partial charge in [0.2, 0.25) is 5.91 Å². The van der Waals surface area contributed by atoms with Gasteiger partial charge in [0, 0.05) is 44.0 Å². The summed E-state index contributed by atoms with van der Waals surface area (Å²) in [6.45, 7) is 6.58. The SMILES string of the molecule is Cc1cc(=O)n(CC(=O)NCCNc2cc(N3CCCC3)nc(C)n2)cn1. The van der Waals surface area contributed by atoms with Gasteiger partial charge in [0.15, 0.2) is 0 Å². The maximum absolute atomic E-state index is 12.0. The van der Waals surface area contributed by atoms with E-state index in [4.69, 9.17) is 0 Å². The standard InChI is InChI=1S/C18H25N7O2/c1-13-9-18(27)25(12-21-13)11-17(26)20-6-5-19-15-10-16(23-14(2)22-15)24-7-3-4-8-24/h9-10,12H,3-8,11H2,1-2H3,(H,20,26)(H,19,22,23). The van der Waals surface area contributed by atoms with E-state index in [0.717, 1.165) is 30.5 Å². The number of carbonyl (C=O) groups is 1. The Labute approximate surface area is 157 Å². The fourth-order valence-corrected chi connectivity index (χ4v) is 2.99. The van der Waals surface area contributed by atoms with Crippen LogP contribution in [0.5, 0.6) is 0 Å². The van der Waals surface area contributed by atoms with Crippen LogP contribution in [0.1, 0.15) is 24.4 Å². The van der Waals surface area contributed by atoms with Gasteiger partial charge in [-0.2, -0.15) is 0 Å². The number of hydrogen-bond donors (Lipinski definition) is 2. The first-order valence-corrected chi connectivity index (χ1v) is 9.15. The molecule has 144 valence electrons. The predicted molar refractivity (Wildman–Crippen MR) is 103 cm³/mol. The highest BCUT2D eigenvalue weighted by molar-refractivity contribution is 5.75. The van der Waals surface area contributed by atoms with Crippen LogP contribution in [-0.4, -0.2) is 51.6 Å². The summed E-state index contributed by atoms with van der Waals surface area (Å²) in [7, 11) is 0. The number of nitrogens with zero attached hydrogens (tertiary/aromatic N) is 5. The monoisotopic (exact) mass is 371 g/mol. The largest absolute Gasteiger partial charge is 0.368 e. The number of hydrogen-bond acceptors (Lipinski definition) is 7. The first-order chi connectivity index (χ1) is 13.0. The summed E-state index contributed by atoms with van der Waals surface area (Å²) < 4.78 is 1.28. The van der Waals surface area contributed by atoms with E-state index in [0.29, 0.717) is 18.8 Å². The van der Waals surface area contributed by atoms with Crippen molar-refractivity contribution in [2.75, 3.05) is 36.4 Å². The minimum Gasteiger partial charge on any atom is -0.368 e. The molecule has 0 aliphatic carbocycles. The van der Waals surface area contributed by atoms with Crippen LogP contribution in [0.15, 0.2) is 23.3 Å². The van der Waals surface area contributed by atoms with Gasteiger partial charge in [0.05, 0.1) is 6.33 Å². The molecule has 9 heteroatoms. The fraction of sp³-hybridized carbons (Fsp3) is 0.500. The van der Waals surface area contributed by atoms with Crippen LogP contribution in [0.4, 0.5) is 11.6 Å². The van der Waals surface area contributed by atoms with E-state index in [9.17, 15) is 9.59 Å². The fourth-order valence-electron chi connectivity index (χ4n) is 2.99.